The van der Waals surface area contributed by atoms with Crippen molar-refractivity contribution in [1.82, 2.24) is 0 Å². The van der Waals surface area contributed by atoms with E-state index in [-0.39, 0.29) is 29.1 Å². The maximum absolute atomic E-state index is 13.2. The Bertz CT molecular complexity index is 703. The Morgan fingerprint density at radius 2 is 1.96 bits per heavy atom. The number of hydrogen-bond acceptors (Lipinski definition) is 6. The maximum atomic E-state index is 13.2. The summed E-state index contributed by atoms with van der Waals surface area (Å²) in [7, 11) is 1.60. The third-order valence-corrected chi connectivity index (χ3v) is 8.79. The standard InChI is InChI=1S/C21H30O6/c1-10-11-5-6-12-20(9-11,15(10)22)17(23)26-13-7-8-19(2,3)14-16(25-4)27-18(24)21(12,13)14/h11-16,18,22,24H,1,5-9H2,2-4H3/t11-,12-,13+,14-,15-,16-,18+,20+,21+/m1/s1. The molecule has 6 nitrogen and oxygen atoms in total. The number of aliphatic hydroxyl groups excluding tert-OH is 2. The first-order valence-corrected chi connectivity index (χ1v) is 10.2. The van der Waals surface area contributed by atoms with E-state index >= 15 is 0 Å². The van der Waals surface area contributed by atoms with Gasteiger partial charge in [0, 0.05) is 13.0 Å². The molecule has 27 heavy (non-hydrogen) atoms. The Morgan fingerprint density at radius 1 is 1.22 bits per heavy atom. The molecule has 2 heterocycles. The summed E-state index contributed by atoms with van der Waals surface area (Å²) in [6.07, 6.45) is 0.795. The Kier molecular flexibility index (Phi) is 3.59. The van der Waals surface area contributed by atoms with Crippen LogP contribution in [-0.4, -0.2) is 48.1 Å². The van der Waals surface area contributed by atoms with E-state index < -0.39 is 35.6 Å². The summed E-state index contributed by atoms with van der Waals surface area (Å²) >= 11 is 0. The zero-order valence-corrected chi connectivity index (χ0v) is 16.3. The molecule has 9 atom stereocenters. The highest BCUT2D eigenvalue weighted by molar-refractivity contribution is 5.82. The smallest absolute Gasteiger partial charge is 0.315 e. The molecule has 5 aliphatic rings. The van der Waals surface area contributed by atoms with Crippen molar-refractivity contribution in [2.75, 3.05) is 7.11 Å². The largest absolute Gasteiger partial charge is 0.461 e. The molecule has 5 rings (SSSR count). The highest BCUT2D eigenvalue weighted by Crippen LogP contribution is 2.73. The molecule has 2 bridgehead atoms. The van der Waals surface area contributed by atoms with Gasteiger partial charge in [-0.25, -0.2) is 0 Å². The molecule has 0 aromatic rings. The van der Waals surface area contributed by atoms with Crippen LogP contribution >= 0.6 is 0 Å². The van der Waals surface area contributed by atoms with E-state index in [2.05, 4.69) is 20.4 Å². The molecule has 2 N–H and O–H groups in total. The zero-order chi connectivity index (χ0) is 19.4. The van der Waals surface area contributed by atoms with Gasteiger partial charge in [0.1, 0.15) is 11.5 Å². The minimum atomic E-state index is -1.08. The fourth-order valence-corrected chi connectivity index (χ4v) is 7.71. The molecule has 2 spiro atoms. The first-order valence-electron chi connectivity index (χ1n) is 10.2. The molecule has 3 saturated carbocycles. The van der Waals surface area contributed by atoms with Crippen LogP contribution in [0.25, 0.3) is 0 Å². The fourth-order valence-electron chi connectivity index (χ4n) is 7.71. The fraction of sp³-hybridized carbons (Fsp3) is 0.857. The van der Waals surface area contributed by atoms with Crippen molar-refractivity contribution < 1.29 is 29.2 Å². The van der Waals surface area contributed by atoms with E-state index in [0.717, 1.165) is 24.8 Å². The van der Waals surface area contributed by atoms with Crippen LogP contribution in [0.15, 0.2) is 12.2 Å². The minimum Gasteiger partial charge on any atom is -0.461 e. The number of hydrogen-bond donors (Lipinski definition) is 2. The second-order valence-corrected chi connectivity index (χ2v) is 10.0. The van der Waals surface area contributed by atoms with Gasteiger partial charge in [-0.3, -0.25) is 4.79 Å². The van der Waals surface area contributed by atoms with Gasteiger partial charge in [-0.2, -0.15) is 0 Å². The third kappa shape index (κ3) is 1.84. The van der Waals surface area contributed by atoms with E-state index in [1.165, 1.54) is 0 Å². The van der Waals surface area contributed by atoms with Crippen LogP contribution in [0.4, 0.5) is 0 Å². The Balaban J connectivity index is 1.73. The van der Waals surface area contributed by atoms with Gasteiger partial charge in [0.25, 0.3) is 0 Å². The predicted octanol–water partition coefficient (Wildman–Crippen LogP) is 1.99. The first kappa shape index (κ1) is 18.1. The van der Waals surface area contributed by atoms with E-state index in [1.807, 2.05) is 0 Å². The van der Waals surface area contributed by atoms with Crippen LogP contribution in [0.2, 0.25) is 0 Å². The van der Waals surface area contributed by atoms with Crippen molar-refractivity contribution in [3.63, 3.8) is 0 Å². The lowest BCUT2D eigenvalue weighted by Crippen LogP contribution is -2.70. The van der Waals surface area contributed by atoms with Gasteiger partial charge in [-0.05, 0) is 54.9 Å². The lowest BCUT2D eigenvalue weighted by atomic mass is 9.43. The van der Waals surface area contributed by atoms with Crippen molar-refractivity contribution >= 4 is 5.97 Å². The lowest BCUT2D eigenvalue weighted by Gasteiger charge is -2.63. The molecular formula is C21H30O6. The number of fused-ring (bicyclic) bond motifs is 1. The molecule has 2 aliphatic heterocycles. The summed E-state index contributed by atoms with van der Waals surface area (Å²) in [6.45, 7) is 8.45. The summed E-state index contributed by atoms with van der Waals surface area (Å²) in [6, 6.07) is 0. The molecule has 0 amide bonds. The summed E-state index contributed by atoms with van der Waals surface area (Å²) in [5.41, 5.74) is -1.17. The van der Waals surface area contributed by atoms with E-state index in [9.17, 15) is 15.0 Å². The van der Waals surface area contributed by atoms with Crippen LogP contribution in [0.3, 0.4) is 0 Å². The molecule has 5 fully saturated rings. The normalized spacial score (nSPS) is 55.5. The molecule has 0 aromatic heterocycles. The summed E-state index contributed by atoms with van der Waals surface area (Å²) in [5, 5.41) is 22.4. The van der Waals surface area contributed by atoms with Gasteiger partial charge in [-0.1, -0.05) is 20.4 Å². The quantitative estimate of drug-likeness (QED) is 0.536. The summed E-state index contributed by atoms with van der Waals surface area (Å²) in [4.78, 5) is 13.2. The summed E-state index contributed by atoms with van der Waals surface area (Å²) in [5.74, 6) is -0.493. The SMILES string of the molecule is C=C1[C@@H]2CC[C@@H]3[C@](C2)(C(=O)O[C@H]2CCC(C)(C)[C@H]4[C@H](OC)O[C@H](O)[C@@]243)[C@@H]1O. The van der Waals surface area contributed by atoms with Crippen LogP contribution in [0.5, 0.6) is 0 Å². The third-order valence-electron chi connectivity index (χ3n) is 8.79. The average molecular weight is 378 g/mol. The van der Waals surface area contributed by atoms with Crippen molar-refractivity contribution in [3.05, 3.63) is 12.2 Å². The number of ether oxygens (including phenoxy) is 3. The molecule has 150 valence electrons. The second kappa shape index (κ2) is 5.35. The van der Waals surface area contributed by atoms with E-state index in [0.29, 0.717) is 12.8 Å². The van der Waals surface area contributed by atoms with Gasteiger partial charge >= 0.3 is 5.97 Å². The highest BCUT2D eigenvalue weighted by Gasteiger charge is 2.79. The van der Waals surface area contributed by atoms with Gasteiger partial charge in [0.2, 0.25) is 0 Å². The Morgan fingerprint density at radius 3 is 2.67 bits per heavy atom. The molecular weight excluding hydrogens is 348 g/mol. The first-order chi connectivity index (χ1) is 12.7. The number of carbonyl (C=O) groups is 1. The number of esters is 1. The molecule has 0 radical (unpaired) electrons. The zero-order valence-electron chi connectivity index (χ0n) is 16.3. The monoisotopic (exact) mass is 378 g/mol. The van der Waals surface area contributed by atoms with E-state index in [1.54, 1.807) is 7.11 Å². The predicted molar refractivity (Wildman–Crippen MR) is 95.1 cm³/mol. The second-order valence-electron chi connectivity index (χ2n) is 10.0. The van der Waals surface area contributed by atoms with Crippen molar-refractivity contribution in [2.45, 2.75) is 70.7 Å². The van der Waals surface area contributed by atoms with Gasteiger partial charge in [0.05, 0.1) is 11.5 Å². The van der Waals surface area contributed by atoms with Crippen LogP contribution in [0, 0.1) is 34.0 Å². The average Bonchev–Trinajstić information content (AvgIpc) is 3.04. The molecule has 0 aromatic carbocycles. The van der Waals surface area contributed by atoms with Gasteiger partial charge < -0.3 is 24.4 Å². The number of methoxy groups -OCH3 is 1. The number of aliphatic hydroxyl groups is 2. The number of carbonyl (C=O) groups excluding carboxylic acids is 1. The molecule has 6 heteroatoms. The Hall–Kier alpha value is -0.950. The molecule has 2 saturated heterocycles. The molecule has 3 aliphatic carbocycles. The topological polar surface area (TPSA) is 85.2 Å². The minimum absolute atomic E-state index is 0.114. The number of rotatable bonds is 1. The highest BCUT2D eigenvalue weighted by atomic mass is 16.7. The van der Waals surface area contributed by atoms with Crippen LogP contribution in [0.1, 0.15) is 46.0 Å². The Labute approximate surface area is 159 Å². The van der Waals surface area contributed by atoms with Gasteiger partial charge in [0.15, 0.2) is 12.6 Å². The van der Waals surface area contributed by atoms with Crippen molar-refractivity contribution in [3.8, 4) is 0 Å². The van der Waals surface area contributed by atoms with Crippen LogP contribution < -0.4 is 0 Å². The lowest BCUT2D eigenvalue weighted by molar-refractivity contribution is -0.279. The van der Waals surface area contributed by atoms with Crippen LogP contribution in [-0.2, 0) is 19.0 Å². The maximum Gasteiger partial charge on any atom is 0.315 e. The van der Waals surface area contributed by atoms with E-state index in [4.69, 9.17) is 14.2 Å². The van der Waals surface area contributed by atoms with Gasteiger partial charge in [-0.15, -0.1) is 0 Å². The van der Waals surface area contributed by atoms with Crippen molar-refractivity contribution in [2.24, 2.45) is 34.0 Å². The molecule has 0 unspecified atom stereocenters. The van der Waals surface area contributed by atoms with Crippen molar-refractivity contribution in [1.29, 1.82) is 0 Å². The summed E-state index contributed by atoms with van der Waals surface area (Å²) < 4.78 is 17.6.